The molecule has 0 unspecified atom stereocenters. The Morgan fingerprint density at radius 2 is 1.62 bits per heavy atom. The Bertz CT molecular complexity index is 1180. The van der Waals surface area contributed by atoms with Gasteiger partial charge in [-0.05, 0) is 77.1 Å². The van der Waals surface area contributed by atoms with Crippen molar-refractivity contribution in [1.29, 1.82) is 0 Å². The van der Waals surface area contributed by atoms with Crippen LogP contribution in [0.25, 0.3) is 0 Å². The van der Waals surface area contributed by atoms with Gasteiger partial charge in [0.25, 0.3) is 0 Å². The summed E-state index contributed by atoms with van der Waals surface area (Å²) < 4.78 is 26.6. The van der Waals surface area contributed by atoms with Crippen molar-refractivity contribution in [3.05, 3.63) is 64.7 Å². The number of carbonyl (C=O) groups is 2. The Morgan fingerprint density at radius 3 is 2.16 bits per heavy atom. The molecule has 0 saturated heterocycles. The third-order valence-corrected chi connectivity index (χ3v) is 7.53. The highest BCUT2D eigenvalue weighted by molar-refractivity contribution is 7.92. The molecule has 1 N–H and O–H groups in total. The SMILES string of the molecule is CC[C@@H](C(=O)NC(C)(C)C)N(Cc1ccc(C)cc1)C(=O)CCCN(c1cccc(C)c1C)S(C)(=O)=O. The van der Waals surface area contributed by atoms with Gasteiger partial charge < -0.3 is 10.2 Å². The third kappa shape index (κ3) is 8.88. The van der Waals surface area contributed by atoms with E-state index in [1.165, 1.54) is 10.6 Å². The van der Waals surface area contributed by atoms with Gasteiger partial charge in [-0.25, -0.2) is 8.42 Å². The van der Waals surface area contributed by atoms with Crippen LogP contribution < -0.4 is 9.62 Å². The second-order valence-corrected chi connectivity index (χ2v) is 12.7. The summed E-state index contributed by atoms with van der Waals surface area (Å²) in [4.78, 5) is 28.3. The van der Waals surface area contributed by atoms with Crippen LogP contribution in [-0.4, -0.2) is 49.5 Å². The molecular weight excluding hydrogens is 486 g/mol. The zero-order valence-electron chi connectivity index (χ0n) is 23.6. The van der Waals surface area contributed by atoms with Crippen LogP contribution >= 0.6 is 0 Å². The van der Waals surface area contributed by atoms with Crippen LogP contribution in [0.15, 0.2) is 42.5 Å². The van der Waals surface area contributed by atoms with E-state index in [1.807, 2.05) is 84.9 Å². The molecule has 0 aromatic heterocycles. The number of aryl methyl sites for hydroxylation is 2. The lowest BCUT2D eigenvalue weighted by Crippen LogP contribution is -2.53. The lowest BCUT2D eigenvalue weighted by Gasteiger charge is -2.33. The molecule has 0 aliphatic carbocycles. The molecule has 0 spiro atoms. The average molecular weight is 530 g/mol. The van der Waals surface area contributed by atoms with Crippen molar-refractivity contribution < 1.29 is 18.0 Å². The molecule has 0 saturated carbocycles. The van der Waals surface area contributed by atoms with Gasteiger partial charge in [-0.2, -0.15) is 0 Å². The topological polar surface area (TPSA) is 86.8 Å². The Morgan fingerprint density at radius 1 is 1.00 bits per heavy atom. The molecule has 8 heteroatoms. The molecule has 2 rings (SSSR count). The maximum Gasteiger partial charge on any atom is 0.243 e. The summed E-state index contributed by atoms with van der Waals surface area (Å²) in [6, 6.07) is 12.9. The molecule has 204 valence electrons. The minimum absolute atomic E-state index is 0.127. The standard InChI is InChI=1S/C29H43N3O4S/c1-9-25(28(34)30-29(5,6)7)31(20-24-17-15-21(2)16-18-24)27(33)14-11-19-32(37(8,35)36)26-13-10-12-22(3)23(26)4/h10,12-13,15-18,25H,9,11,14,19-20H2,1-8H3,(H,30,34)/t25-/m0/s1. The first-order valence-corrected chi connectivity index (χ1v) is 14.7. The van der Waals surface area contributed by atoms with Gasteiger partial charge in [-0.15, -0.1) is 0 Å². The molecule has 37 heavy (non-hydrogen) atoms. The summed E-state index contributed by atoms with van der Waals surface area (Å²) in [5.74, 6) is -0.366. The number of nitrogens with zero attached hydrogens (tertiary/aromatic N) is 2. The number of hydrogen-bond donors (Lipinski definition) is 1. The first-order chi connectivity index (χ1) is 17.1. The Hall–Kier alpha value is -2.87. The number of sulfonamides is 1. The molecule has 0 fully saturated rings. The largest absolute Gasteiger partial charge is 0.350 e. The van der Waals surface area contributed by atoms with E-state index in [9.17, 15) is 18.0 Å². The van der Waals surface area contributed by atoms with Crippen LogP contribution in [0.1, 0.15) is 69.2 Å². The van der Waals surface area contributed by atoms with E-state index >= 15 is 0 Å². The molecule has 0 heterocycles. The van der Waals surface area contributed by atoms with Crippen molar-refractivity contribution in [1.82, 2.24) is 10.2 Å². The van der Waals surface area contributed by atoms with Crippen LogP contribution in [0.3, 0.4) is 0 Å². The fraction of sp³-hybridized carbons (Fsp3) is 0.517. The van der Waals surface area contributed by atoms with E-state index in [-0.39, 0.29) is 24.8 Å². The van der Waals surface area contributed by atoms with Crippen LogP contribution in [-0.2, 0) is 26.2 Å². The molecule has 0 radical (unpaired) electrons. The number of carbonyl (C=O) groups excluding carboxylic acids is 2. The molecule has 0 aliphatic heterocycles. The first kappa shape index (κ1) is 30.4. The Kier molecular flexibility index (Phi) is 10.3. The summed E-state index contributed by atoms with van der Waals surface area (Å²) >= 11 is 0. The smallest absolute Gasteiger partial charge is 0.243 e. The molecule has 0 aliphatic rings. The predicted molar refractivity (Wildman–Crippen MR) is 151 cm³/mol. The monoisotopic (exact) mass is 529 g/mol. The van der Waals surface area contributed by atoms with Gasteiger partial charge in [0.05, 0.1) is 11.9 Å². The van der Waals surface area contributed by atoms with Gasteiger partial charge in [-0.3, -0.25) is 13.9 Å². The summed E-state index contributed by atoms with van der Waals surface area (Å²) in [7, 11) is -3.54. The van der Waals surface area contributed by atoms with Gasteiger partial charge in [0.2, 0.25) is 21.8 Å². The number of benzene rings is 2. The summed E-state index contributed by atoms with van der Waals surface area (Å²) in [6.45, 7) is 14.0. The lowest BCUT2D eigenvalue weighted by atomic mass is 10.0. The Labute approximate surface area is 223 Å². The average Bonchev–Trinajstić information content (AvgIpc) is 2.78. The van der Waals surface area contributed by atoms with E-state index < -0.39 is 21.6 Å². The van der Waals surface area contributed by atoms with E-state index in [0.29, 0.717) is 25.1 Å². The maximum absolute atomic E-state index is 13.6. The molecular formula is C29H43N3O4S. The summed E-state index contributed by atoms with van der Waals surface area (Å²) in [5.41, 5.74) is 4.15. The third-order valence-electron chi connectivity index (χ3n) is 6.35. The minimum Gasteiger partial charge on any atom is -0.350 e. The zero-order chi connectivity index (χ0) is 28.0. The van der Waals surface area contributed by atoms with Crippen molar-refractivity contribution in [3.8, 4) is 0 Å². The molecule has 2 aromatic rings. The van der Waals surface area contributed by atoms with Crippen LogP contribution in [0, 0.1) is 20.8 Å². The van der Waals surface area contributed by atoms with E-state index in [4.69, 9.17) is 0 Å². The van der Waals surface area contributed by atoms with Crippen molar-refractivity contribution in [2.45, 2.75) is 85.9 Å². The molecule has 2 amide bonds. The van der Waals surface area contributed by atoms with E-state index in [2.05, 4.69) is 5.32 Å². The predicted octanol–water partition coefficient (Wildman–Crippen LogP) is 4.88. The highest BCUT2D eigenvalue weighted by atomic mass is 32.2. The van der Waals surface area contributed by atoms with Crippen LogP contribution in [0.5, 0.6) is 0 Å². The highest BCUT2D eigenvalue weighted by Crippen LogP contribution is 2.25. The Balaban J connectivity index is 2.27. The highest BCUT2D eigenvalue weighted by Gasteiger charge is 2.30. The first-order valence-electron chi connectivity index (χ1n) is 12.8. The number of rotatable bonds is 11. The fourth-order valence-electron chi connectivity index (χ4n) is 4.25. The van der Waals surface area contributed by atoms with Gasteiger partial charge in [0, 0.05) is 25.0 Å². The number of nitrogens with one attached hydrogen (secondary N) is 1. The lowest BCUT2D eigenvalue weighted by molar-refractivity contribution is -0.142. The number of anilines is 1. The second-order valence-electron chi connectivity index (χ2n) is 10.8. The van der Waals surface area contributed by atoms with Gasteiger partial charge >= 0.3 is 0 Å². The molecule has 0 bridgehead atoms. The van der Waals surface area contributed by atoms with E-state index in [1.54, 1.807) is 11.0 Å². The number of amides is 2. The summed E-state index contributed by atoms with van der Waals surface area (Å²) in [6.07, 6.45) is 2.12. The van der Waals surface area contributed by atoms with Gasteiger partial charge in [-0.1, -0.05) is 48.9 Å². The van der Waals surface area contributed by atoms with Crippen LogP contribution in [0.4, 0.5) is 5.69 Å². The van der Waals surface area contributed by atoms with Crippen LogP contribution in [0.2, 0.25) is 0 Å². The fourth-order valence-corrected chi connectivity index (χ4v) is 5.27. The normalized spacial score (nSPS) is 12.6. The van der Waals surface area contributed by atoms with E-state index in [0.717, 1.165) is 22.3 Å². The van der Waals surface area contributed by atoms with Crippen molar-refractivity contribution in [2.75, 3.05) is 17.1 Å². The number of hydrogen-bond acceptors (Lipinski definition) is 4. The van der Waals surface area contributed by atoms with Crippen molar-refractivity contribution >= 4 is 27.5 Å². The molecule has 2 aromatic carbocycles. The van der Waals surface area contributed by atoms with Gasteiger partial charge in [0.1, 0.15) is 6.04 Å². The summed E-state index contributed by atoms with van der Waals surface area (Å²) in [5, 5.41) is 3.01. The van der Waals surface area contributed by atoms with Gasteiger partial charge in [0.15, 0.2) is 0 Å². The quantitative estimate of drug-likeness (QED) is 0.449. The maximum atomic E-state index is 13.6. The van der Waals surface area contributed by atoms with Crippen molar-refractivity contribution in [2.24, 2.45) is 0 Å². The second kappa shape index (κ2) is 12.6. The minimum atomic E-state index is -3.54. The zero-order valence-corrected chi connectivity index (χ0v) is 24.4. The molecule has 1 atom stereocenters. The molecule has 7 nitrogen and oxygen atoms in total. The van der Waals surface area contributed by atoms with Crippen molar-refractivity contribution in [3.63, 3.8) is 0 Å².